The zero-order chi connectivity index (χ0) is 20.6. The molecule has 0 aromatic heterocycles. The maximum atomic E-state index is 12.6. The summed E-state index contributed by atoms with van der Waals surface area (Å²) in [5.74, 6) is 1.15. The summed E-state index contributed by atoms with van der Waals surface area (Å²) < 4.78 is 10.6. The van der Waals surface area contributed by atoms with Crippen LogP contribution in [0.25, 0.3) is 0 Å². The minimum atomic E-state index is -0.0958. The third-order valence-electron chi connectivity index (χ3n) is 4.82. The lowest BCUT2D eigenvalue weighted by Crippen LogP contribution is -2.87. The fourth-order valence-electron chi connectivity index (χ4n) is 3.23. The summed E-state index contributed by atoms with van der Waals surface area (Å²) in [7, 11) is 3.16. The predicted molar refractivity (Wildman–Crippen MR) is 114 cm³/mol. The number of hydrogen-bond donors (Lipinski definition) is 2. The van der Waals surface area contributed by atoms with Crippen LogP contribution in [-0.4, -0.2) is 26.7 Å². The van der Waals surface area contributed by atoms with Gasteiger partial charge < -0.3 is 20.1 Å². The highest BCUT2D eigenvalue weighted by Gasteiger charge is 2.19. The number of methoxy groups -OCH3 is 2. The largest absolute Gasteiger partial charge is 0.497 e. The Morgan fingerprint density at radius 2 is 1.62 bits per heavy atom. The van der Waals surface area contributed by atoms with Crippen LogP contribution in [0.1, 0.15) is 22.7 Å². The number of nitrogens with two attached hydrogens (primary N) is 1. The molecule has 0 unspecified atom stereocenters. The topological polar surface area (TPSA) is 64.2 Å². The molecule has 0 fully saturated rings. The van der Waals surface area contributed by atoms with Crippen molar-refractivity contribution >= 4 is 11.6 Å². The highest BCUT2D eigenvalue weighted by atomic mass is 16.5. The van der Waals surface area contributed by atoms with E-state index in [4.69, 9.17) is 9.47 Å². The quantitative estimate of drug-likeness (QED) is 0.619. The molecule has 0 saturated carbocycles. The molecule has 0 aliphatic heterocycles. The lowest BCUT2D eigenvalue weighted by Gasteiger charge is -2.17. The summed E-state index contributed by atoms with van der Waals surface area (Å²) in [4.78, 5) is 12.6. The Hall–Kier alpha value is -3.31. The molecule has 0 aliphatic carbocycles. The first kappa shape index (κ1) is 20.4. The minimum absolute atomic E-state index is 0.0420. The molecule has 3 aromatic carbocycles. The lowest BCUT2D eigenvalue weighted by molar-refractivity contribution is -0.676. The first-order valence-corrected chi connectivity index (χ1v) is 9.57. The van der Waals surface area contributed by atoms with Gasteiger partial charge in [0.1, 0.15) is 17.5 Å². The van der Waals surface area contributed by atoms with E-state index in [1.165, 1.54) is 5.56 Å². The molecule has 5 nitrogen and oxygen atoms in total. The van der Waals surface area contributed by atoms with Gasteiger partial charge in [-0.25, -0.2) is 0 Å². The third-order valence-corrected chi connectivity index (χ3v) is 4.82. The summed E-state index contributed by atoms with van der Waals surface area (Å²) in [6, 6.07) is 24.0. The Morgan fingerprint density at radius 1 is 0.931 bits per heavy atom. The summed E-state index contributed by atoms with van der Waals surface area (Å²) in [5, 5.41) is 4.98. The smallest absolute Gasteiger partial charge is 0.279 e. The monoisotopic (exact) mass is 391 g/mol. The van der Waals surface area contributed by atoms with Crippen LogP contribution in [0.3, 0.4) is 0 Å². The van der Waals surface area contributed by atoms with E-state index in [0.717, 1.165) is 11.1 Å². The van der Waals surface area contributed by atoms with Gasteiger partial charge in [-0.3, -0.25) is 4.79 Å². The van der Waals surface area contributed by atoms with Crippen LogP contribution in [0.2, 0.25) is 0 Å². The molecule has 5 heteroatoms. The molecular weight excluding hydrogens is 364 g/mol. The van der Waals surface area contributed by atoms with Crippen LogP contribution >= 0.6 is 0 Å². The van der Waals surface area contributed by atoms with Gasteiger partial charge in [0.05, 0.1) is 19.9 Å². The summed E-state index contributed by atoms with van der Waals surface area (Å²) in [5.41, 5.74) is 4.16. The summed E-state index contributed by atoms with van der Waals surface area (Å²) >= 11 is 0. The van der Waals surface area contributed by atoms with Crippen LogP contribution in [-0.2, 0) is 4.79 Å². The van der Waals surface area contributed by atoms with Crippen molar-refractivity contribution < 1.29 is 19.6 Å². The van der Waals surface area contributed by atoms with Crippen LogP contribution in [0.15, 0.2) is 72.8 Å². The van der Waals surface area contributed by atoms with Crippen molar-refractivity contribution in [1.82, 2.24) is 0 Å². The maximum absolute atomic E-state index is 12.6. The molecule has 0 bridgehead atoms. The number of carbonyl (C=O) groups is 1. The molecule has 150 valence electrons. The van der Waals surface area contributed by atoms with Gasteiger partial charge in [0.25, 0.3) is 5.91 Å². The number of hydrogen-bond acceptors (Lipinski definition) is 3. The van der Waals surface area contributed by atoms with Crippen molar-refractivity contribution in [3.63, 3.8) is 0 Å². The Morgan fingerprint density at radius 3 is 2.28 bits per heavy atom. The average molecular weight is 391 g/mol. The van der Waals surface area contributed by atoms with Gasteiger partial charge >= 0.3 is 0 Å². The average Bonchev–Trinajstić information content (AvgIpc) is 2.76. The van der Waals surface area contributed by atoms with Crippen LogP contribution in [0.5, 0.6) is 11.5 Å². The number of nitrogens with one attached hydrogen (secondary N) is 1. The standard InChI is InChI=1S/C24H26N2O3/c1-17-9-11-19(12-10-17)24(18-7-5-4-6-8-18)25-16-23(27)26-21-14-13-20(28-2)15-22(21)29-3/h4-15,24-25H,16H2,1-3H3,(H,26,27)/p+1/t24-/m1/s1. The third kappa shape index (κ3) is 5.36. The molecular formula is C24H27N2O3+. The molecule has 3 rings (SSSR count). The SMILES string of the molecule is COc1ccc(NC(=O)C[NH2+][C@H](c2ccccc2)c2ccc(C)cc2)c(OC)c1. The zero-order valence-corrected chi connectivity index (χ0v) is 17.0. The van der Waals surface area contributed by atoms with E-state index < -0.39 is 0 Å². The zero-order valence-electron chi connectivity index (χ0n) is 17.0. The van der Waals surface area contributed by atoms with Gasteiger partial charge in [-0.15, -0.1) is 0 Å². The molecule has 3 aromatic rings. The van der Waals surface area contributed by atoms with Gasteiger partial charge in [0, 0.05) is 17.2 Å². The van der Waals surface area contributed by atoms with Crippen molar-refractivity contribution in [2.24, 2.45) is 0 Å². The summed E-state index contributed by atoms with van der Waals surface area (Å²) in [6.07, 6.45) is 0. The van der Waals surface area contributed by atoms with Crippen LogP contribution in [0.4, 0.5) is 5.69 Å². The molecule has 0 aliphatic rings. The van der Waals surface area contributed by atoms with Gasteiger partial charge in [0.15, 0.2) is 6.54 Å². The molecule has 0 radical (unpaired) electrons. The second-order valence-electron chi connectivity index (χ2n) is 6.85. The number of aryl methyl sites for hydroxylation is 1. The van der Waals surface area contributed by atoms with E-state index in [1.54, 1.807) is 32.4 Å². The van der Waals surface area contributed by atoms with E-state index in [1.807, 2.05) is 23.5 Å². The van der Waals surface area contributed by atoms with Crippen molar-refractivity contribution in [1.29, 1.82) is 0 Å². The molecule has 0 spiro atoms. The predicted octanol–water partition coefficient (Wildman–Crippen LogP) is 3.30. The fourth-order valence-corrected chi connectivity index (χ4v) is 3.23. The van der Waals surface area contributed by atoms with Crippen LogP contribution in [0, 0.1) is 6.92 Å². The Balaban J connectivity index is 1.72. The molecule has 0 heterocycles. The number of amides is 1. The van der Waals surface area contributed by atoms with E-state index in [9.17, 15) is 4.79 Å². The lowest BCUT2D eigenvalue weighted by atomic mass is 9.98. The molecule has 1 atom stereocenters. The summed E-state index contributed by atoms with van der Waals surface area (Å²) in [6.45, 7) is 2.35. The fraction of sp³-hybridized carbons (Fsp3) is 0.208. The molecule has 0 saturated heterocycles. The van der Waals surface area contributed by atoms with E-state index in [2.05, 4.69) is 48.6 Å². The molecule has 1 amide bonds. The number of quaternary nitrogens is 1. The Kier molecular flexibility index (Phi) is 6.87. The highest BCUT2D eigenvalue weighted by Crippen LogP contribution is 2.28. The highest BCUT2D eigenvalue weighted by molar-refractivity contribution is 5.93. The first-order valence-electron chi connectivity index (χ1n) is 9.57. The first-order chi connectivity index (χ1) is 14.1. The van der Waals surface area contributed by atoms with Crippen molar-refractivity contribution in [3.8, 4) is 11.5 Å². The molecule has 3 N–H and O–H groups in total. The Bertz CT molecular complexity index is 940. The van der Waals surface area contributed by atoms with Crippen molar-refractivity contribution in [2.45, 2.75) is 13.0 Å². The number of ether oxygens (including phenoxy) is 2. The van der Waals surface area contributed by atoms with E-state index in [0.29, 0.717) is 17.2 Å². The number of carbonyl (C=O) groups excluding carboxylic acids is 1. The minimum Gasteiger partial charge on any atom is -0.497 e. The second kappa shape index (κ2) is 9.75. The van der Waals surface area contributed by atoms with Gasteiger partial charge in [-0.1, -0.05) is 60.2 Å². The van der Waals surface area contributed by atoms with Crippen molar-refractivity contribution in [3.05, 3.63) is 89.5 Å². The number of rotatable bonds is 8. The van der Waals surface area contributed by atoms with Gasteiger partial charge in [-0.05, 0) is 19.1 Å². The van der Waals surface area contributed by atoms with E-state index in [-0.39, 0.29) is 18.5 Å². The Labute approximate surface area is 171 Å². The normalized spacial score (nSPS) is 11.6. The number of anilines is 1. The van der Waals surface area contributed by atoms with E-state index >= 15 is 0 Å². The molecule has 29 heavy (non-hydrogen) atoms. The maximum Gasteiger partial charge on any atom is 0.279 e. The van der Waals surface area contributed by atoms with Gasteiger partial charge in [0.2, 0.25) is 0 Å². The second-order valence-corrected chi connectivity index (χ2v) is 6.85. The van der Waals surface area contributed by atoms with Crippen LogP contribution < -0.4 is 20.1 Å². The number of benzene rings is 3. The van der Waals surface area contributed by atoms with Gasteiger partial charge in [-0.2, -0.15) is 0 Å². The van der Waals surface area contributed by atoms with Crippen molar-refractivity contribution in [2.75, 3.05) is 26.1 Å².